The van der Waals surface area contributed by atoms with E-state index in [0.29, 0.717) is 0 Å². The Hall–Kier alpha value is -0.823. The van der Waals surface area contributed by atoms with Gasteiger partial charge in [-0.2, -0.15) is 0 Å². The number of hydrogen-bond acceptors (Lipinski definition) is 0. The lowest BCUT2D eigenvalue weighted by atomic mass is 10.1. The maximum Gasteiger partial charge on any atom is 0.0487 e. The van der Waals surface area contributed by atoms with Crippen molar-refractivity contribution in [2.75, 3.05) is 0 Å². The van der Waals surface area contributed by atoms with Crippen molar-refractivity contribution in [3.8, 4) is 0 Å². The first-order valence-corrected chi connectivity index (χ1v) is 9.98. The maximum absolute atomic E-state index is 2.44. The lowest BCUT2D eigenvalue weighted by Crippen LogP contribution is -2.19. The summed E-state index contributed by atoms with van der Waals surface area (Å²) >= 11 is 0. The SMILES string of the molecule is CCC/C=C(\C[Si](C)(C)C)c1ccccc1. The molecule has 0 unspecified atom stereocenters. The van der Waals surface area contributed by atoms with Crippen molar-refractivity contribution in [2.24, 2.45) is 0 Å². The maximum atomic E-state index is 2.44. The van der Waals surface area contributed by atoms with E-state index >= 15 is 0 Å². The van der Waals surface area contributed by atoms with Crippen LogP contribution in [0.4, 0.5) is 0 Å². The van der Waals surface area contributed by atoms with Crippen molar-refractivity contribution in [1.82, 2.24) is 0 Å². The second kappa shape index (κ2) is 6.05. The molecule has 1 heteroatoms. The normalized spacial score (nSPS) is 12.9. The van der Waals surface area contributed by atoms with Crippen LogP contribution in [0.15, 0.2) is 36.4 Å². The van der Waals surface area contributed by atoms with Gasteiger partial charge in [-0.05, 0) is 23.6 Å². The molecule has 0 bridgehead atoms. The van der Waals surface area contributed by atoms with Crippen LogP contribution >= 0.6 is 0 Å². The summed E-state index contributed by atoms with van der Waals surface area (Å²) in [6, 6.07) is 12.1. The van der Waals surface area contributed by atoms with E-state index in [1.165, 1.54) is 24.4 Å². The number of unbranched alkanes of at least 4 members (excludes halogenated alkanes) is 1. The van der Waals surface area contributed by atoms with Crippen molar-refractivity contribution < 1.29 is 0 Å². The predicted octanol–water partition coefficient (Wildman–Crippen LogP) is 5.21. The Kier molecular flexibility index (Phi) is 5.00. The molecule has 0 fully saturated rings. The first kappa shape index (κ1) is 13.2. The van der Waals surface area contributed by atoms with Gasteiger partial charge in [-0.15, -0.1) is 0 Å². The predicted molar refractivity (Wildman–Crippen MR) is 77.5 cm³/mol. The van der Waals surface area contributed by atoms with Crippen LogP contribution in [0.3, 0.4) is 0 Å². The summed E-state index contributed by atoms with van der Waals surface area (Å²) < 4.78 is 0. The summed E-state index contributed by atoms with van der Waals surface area (Å²) in [7, 11) is -1.02. The highest BCUT2D eigenvalue weighted by atomic mass is 28.3. The molecule has 0 spiro atoms. The van der Waals surface area contributed by atoms with Crippen LogP contribution in [0.25, 0.3) is 5.57 Å². The van der Waals surface area contributed by atoms with Gasteiger partial charge in [0, 0.05) is 8.07 Å². The molecule has 0 atom stereocenters. The van der Waals surface area contributed by atoms with Gasteiger partial charge in [-0.3, -0.25) is 0 Å². The summed E-state index contributed by atoms with van der Waals surface area (Å²) in [5.74, 6) is 0. The zero-order valence-corrected chi connectivity index (χ0v) is 12.1. The van der Waals surface area contributed by atoms with Crippen LogP contribution in [-0.2, 0) is 0 Å². The van der Waals surface area contributed by atoms with E-state index in [0.717, 1.165) is 0 Å². The van der Waals surface area contributed by atoms with E-state index in [2.05, 4.69) is 63.0 Å². The topological polar surface area (TPSA) is 0 Å². The molecule has 0 aliphatic heterocycles. The minimum Gasteiger partial charge on any atom is -0.0810 e. The smallest absolute Gasteiger partial charge is 0.0487 e. The third-order valence-electron chi connectivity index (χ3n) is 2.54. The minimum absolute atomic E-state index is 1.02. The Morgan fingerprint density at radius 3 is 2.25 bits per heavy atom. The third kappa shape index (κ3) is 4.80. The Morgan fingerprint density at radius 2 is 1.75 bits per heavy atom. The first-order valence-electron chi connectivity index (χ1n) is 6.27. The summed E-state index contributed by atoms with van der Waals surface area (Å²) in [5, 5.41) is 0. The molecule has 0 heterocycles. The van der Waals surface area contributed by atoms with Gasteiger partial charge in [-0.1, -0.05) is 69.4 Å². The van der Waals surface area contributed by atoms with Crippen molar-refractivity contribution in [3.63, 3.8) is 0 Å². The summed E-state index contributed by atoms with van der Waals surface area (Å²) in [5.41, 5.74) is 2.97. The van der Waals surface area contributed by atoms with Crippen LogP contribution in [0, 0.1) is 0 Å². The highest BCUT2D eigenvalue weighted by Crippen LogP contribution is 2.26. The second-order valence-corrected chi connectivity index (χ2v) is 11.1. The molecule has 16 heavy (non-hydrogen) atoms. The lowest BCUT2D eigenvalue weighted by molar-refractivity contribution is 0.959. The Morgan fingerprint density at radius 1 is 1.12 bits per heavy atom. The fourth-order valence-corrected chi connectivity index (χ4v) is 3.33. The molecule has 1 aromatic carbocycles. The second-order valence-electron chi connectivity index (χ2n) is 5.62. The molecule has 0 nitrogen and oxygen atoms in total. The van der Waals surface area contributed by atoms with E-state index in [9.17, 15) is 0 Å². The van der Waals surface area contributed by atoms with Gasteiger partial charge in [-0.25, -0.2) is 0 Å². The van der Waals surface area contributed by atoms with Gasteiger partial charge < -0.3 is 0 Å². The van der Waals surface area contributed by atoms with E-state index in [4.69, 9.17) is 0 Å². The Balaban J connectivity index is 2.89. The van der Waals surface area contributed by atoms with Gasteiger partial charge in [0.15, 0.2) is 0 Å². The van der Waals surface area contributed by atoms with E-state index < -0.39 is 8.07 Å². The quantitative estimate of drug-likeness (QED) is 0.611. The molecule has 0 N–H and O–H groups in total. The summed E-state index contributed by atoms with van der Waals surface area (Å²) in [4.78, 5) is 0. The van der Waals surface area contributed by atoms with Crippen molar-refractivity contribution in [2.45, 2.75) is 45.5 Å². The van der Waals surface area contributed by atoms with E-state index in [1.807, 2.05) is 0 Å². The number of hydrogen-bond donors (Lipinski definition) is 0. The highest BCUT2D eigenvalue weighted by molar-refractivity contribution is 6.77. The average molecular weight is 232 g/mol. The van der Waals surface area contributed by atoms with Crippen molar-refractivity contribution in [1.29, 1.82) is 0 Å². The largest absolute Gasteiger partial charge is 0.0810 e. The number of allylic oxidation sites excluding steroid dienone is 2. The first-order chi connectivity index (χ1) is 7.53. The van der Waals surface area contributed by atoms with Gasteiger partial charge in [0.05, 0.1) is 0 Å². The molecule has 0 radical (unpaired) electrons. The van der Waals surface area contributed by atoms with Crippen LogP contribution in [0.2, 0.25) is 25.7 Å². The van der Waals surface area contributed by atoms with Crippen molar-refractivity contribution in [3.05, 3.63) is 42.0 Å². The van der Waals surface area contributed by atoms with Gasteiger partial charge >= 0.3 is 0 Å². The van der Waals surface area contributed by atoms with Crippen LogP contribution in [-0.4, -0.2) is 8.07 Å². The van der Waals surface area contributed by atoms with Crippen LogP contribution < -0.4 is 0 Å². The molecule has 0 saturated heterocycles. The fourth-order valence-electron chi connectivity index (χ4n) is 1.83. The zero-order valence-electron chi connectivity index (χ0n) is 11.1. The third-order valence-corrected chi connectivity index (χ3v) is 3.99. The fraction of sp³-hybridized carbons (Fsp3) is 0.467. The molecule has 0 saturated carbocycles. The molecule has 88 valence electrons. The molecule has 0 aliphatic rings. The van der Waals surface area contributed by atoms with E-state index in [-0.39, 0.29) is 0 Å². The molecule has 0 amide bonds. The molecule has 1 aromatic rings. The molecule has 1 rings (SSSR count). The number of benzene rings is 1. The van der Waals surface area contributed by atoms with E-state index in [1.54, 1.807) is 5.57 Å². The van der Waals surface area contributed by atoms with Gasteiger partial charge in [0.2, 0.25) is 0 Å². The van der Waals surface area contributed by atoms with Gasteiger partial charge in [0.1, 0.15) is 0 Å². The molecule has 0 aliphatic carbocycles. The standard InChI is InChI=1S/C15H24Si/c1-5-6-10-15(13-16(2,3)4)14-11-8-7-9-12-14/h7-12H,5-6,13H2,1-4H3/b15-10+. The Labute approximate surface area is 101 Å². The molecular weight excluding hydrogens is 208 g/mol. The Bertz CT molecular complexity index is 330. The molecular formula is C15H24Si. The van der Waals surface area contributed by atoms with Crippen molar-refractivity contribution >= 4 is 13.6 Å². The minimum atomic E-state index is -1.02. The monoisotopic (exact) mass is 232 g/mol. The zero-order chi connectivity index (χ0) is 12.0. The average Bonchev–Trinajstić information content (AvgIpc) is 2.24. The lowest BCUT2D eigenvalue weighted by Gasteiger charge is -2.19. The van der Waals surface area contributed by atoms with Gasteiger partial charge in [0.25, 0.3) is 0 Å². The summed E-state index contributed by atoms with van der Waals surface area (Å²) in [6.07, 6.45) is 4.88. The number of rotatable bonds is 5. The highest BCUT2D eigenvalue weighted by Gasteiger charge is 2.16. The summed E-state index contributed by atoms with van der Waals surface area (Å²) in [6.45, 7) is 9.56. The molecule has 0 aromatic heterocycles. The van der Waals surface area contributed by atoms with Crippen LogP contribution in [0.1, 0.15) is 25.3 Å². The van der Waals surface area contributed by atoms with Crippen LogP contribution in [0.5, 0.6) is 0 Å².